The van der Waals surface area contributed by atoms with Crippen LogP contribution in [0.15, 0.2) is 24.3 Å². The molecule has 3 N–H and O–H groups in total. The van der Waals surface area contributed by atoms with Crippen LogP contribution >= 0.6 is 0 Å². The maximum absolute atomic E-state index is 13.1. The lowest BCUT2D eigenvalue weighted by atomic mass is 9.97. The van der Waals surface area contributed by atoms with Crippen LogP contribution in [0.3, 0.4) is 0 Å². The highest BCUT2D eigenvalue weighted by Gasteiger charge is 2.37. The van der Waals surface area contributed by atoms with Gasteiger partial charge in [-0.05, 0) is 17.0 Å². The summed E-state index contributed by atoms with van der Waals surface area (Å²) >= 11 is 0. The Morgan fingerprint density at radius 2 is 1.62 bits per heavy atom. The number of hydrogen-bond donors (Lipinski definition) is 2. The van der Waals surface area contributed by atoms with Crippen LogP contribution in [0.1, 0.15) is 36.9 Å². The normalized spacial score (nSPS) is 14.2. The second kappa shape index (κ2) is 4.89. The molecule has 0 saturated heterocycles. The van der Waals surface area contributed by atoms with Crippen molar-refractivity contribution in [2.45, 2.75) is 31.7 Å². The second-order valence-electron chi connectivity index (χ2n) is 4.22. The molecule has 1 atom stereocenters. The Bertz CT molecular complexity index is 335. The average molecular weight is 229 g/mol. The molecule has 90 valence electrons. The van der Waals surface area contributed by atoms with Crippen molar-refractivity contribution < 1.29 is 13.9 Å². The number of alkyl halides is 2. The van der Waals surface area contributed by atoms with E-state index < -0.39 is 18.6 Å². The van der Waals surface area contributed by atoms with E-state index in [9.17, 15) is 8.78 Å². The smallest absolute Gasteiger partial charge is 0.289 e. The molecule has 1 aromatic rings. The summed E-state index contributed by atoms with van der Waals surface area (Å²) in [5.74, 6) is -2.93. The molecule has 0 aliphatic carbocycles. The van der Waals surface area contributed by atoms with Crippen molar-refractivity contribution in [1.29, 1.82) is 0 Å². The zero-order valence-corrected chi connectivity index (χ0v) is 9.45. The Balaban J connectivity index is 2.90. The van der Waals surface area contributed by atoms with Crippen LogP contribution in [0.25, 0.3) is 0 Å². The van der Waals surface area contributed by atoms with Gasteiger partial charge in [0.1, 0.15) is 6.61 Å². The van der Waals surface area contributed by atoms with Gasteiger partial charge in [0.2, 0.25) is 0 Å². The molecule has 0 heterocycles. The molecule has 1 aromatic carbocycles. The van der Waals surface area contributed by atoms with Crippen molar-refractivity contribution in [3.63, 3.8) is 0 Å². The van der Waals surface area contributed by atoms with Crippen molar-refractivity contribution in [3.05, 3.63) is 35.4 Å². The number of aliphatic hydroxyl groups is 1. The minimum atomic E-state index is -3.28. The van der Waals surface area contributed by atoms with Crippen LogP contribution in [0.2, 0.25) is 0 Å². The van der Waals surface area contributed by atoms with Crippen molar-refractivity contribution in [1.82, 2.24) is 0 Å². The number of aliphatic hydroxyl groups excluding tert-OH is 1. The first-order valence-electron chi connectivity index (χ1n) is 5.22. The fourth-order valence-electron chi connectivity index (χ4n) is 1.43. The van der Waals surface area contributed by atoms with Gasteiger partial charge in [0, 0.05) is 0 Å². The predicted octanol–water partition coefficient (Wildman–Crippen LogP) is 2.44. The van der Waals surface area contributed by atoms with E-state index in [0.29, 0.717) is 11.5 Å². The highest BCUT2D eigenvalue weighted by atomic mass is 19.3. The largest absolute Gasteiger partial charge is 0.390 e. The molecule has 4 heteroatoms. The summed E-state index contributed by atoms with van der Waals surface area (Å²) in [7, 11) is 0. The highest BCUT2D eigenvalue weighted by Crippen LogP contribution is 2.29. The number of halogens is 2. The number of benzene rings is 1. The van der Waals surface area contributed by atoms with Crippen molar-refractivity contribution in [2.75, 3.05) is 6.61 Å². The number of hydrogen-bond acceptors (Lipinski definition) is 2. The Morgan fingerprint density at radius 3 is 2.00 bits per heavy atom. The third-order valence-corrected chi connectivity index (χ3v) is 2.63. The second-order valence-corrected chi connectivity index (χ2v) is 4.22. The monoisotopic (exact) mass is 229 g/mol. The zero-order valence-electron chi connectivity index (χ0n) is 9.45. The summed E-state index contributed by atoms with van der Waals surface area (Å²) < 4.78 is 26.2. The third kappa shape index (κ3) is 2.77. The summed E-state index contributed by atoms with van der Waals surface area (Å²) in [5.41, 5.74) is 6.81. The van der Waals surface area contributed by atoms with E-state index in [1.165, 1.54) is 0 Å². The maximum Gasteiger partial charge on any atom is 0.289 e. The van der Waals surface area contributed by atoms with Gasteiger partial charge >= 0.3 is 0 Å². The van der Waals surface area contributed by atoms with Gasteiger partial charge in [-0.15, -0.1) is 0 Å². The summed E-state index contributed by atoms with van der Waals surface area (Å²) in [5, 5.41) is 8.54. The fraction of sp³-hybridized carbons (Fsp3) is 0.500. The summed E-state index contributed by atoms with van der Waals surface area (Å²) in [4.78, 5) is 0. The molecule has 0 aliphatic heterocycles. The van der Waals surface area contributed by atoms with E-state index >= 15 is 0 Å². The predicted molar refractivity (Wildman–Crippen MR) is 59.5 cm³/mol. The Kier molecular flexibility index (Phi) is 3.99. The van der Waals surface area contributed by atoms with E-state index in [1.807, 2.05) is 13.8 Å². The van der Waals surface area contributed by atoms with Crippen LogP contribution < -0.4 is 5.73 Å². The Labute approximate surface area is 94.1 Å². The first-order valence-corrected chi connectivity index (χ1v) is 5.22. The summed E-state index contributed by atoms with van der Waals surface area (Å²) in [6.07, 6.45) is 0. The quantitative estimate of drug-likeness (QED) is 0.833. The van der Waals surface area contributed by atoms with E-state index in [2.05, 4.69) is 0 Å². The first kappa shape index (κ1) is 13.1. The molecule has 1 unspecified atom stereocenters. The topological polar surface area (TPSA) is 46.2 Å². The minimum Gasteiger partial charge on any atom is -0.390 e. The molecular formula is C12H17F2NO. The molecule has 0 amide bonds. The molecule has 1 rings (SSSR count). The van der Waals surface area contributed by atoms with Gasteiger partial charge in [0.25, 0.3) is 5.92 Å². The minimum absolute atomic E-state index is 0.337. The molecule has 0 spiro atoms. The molecule has 0 aliphatic rings. The fourth-order valence-corrected chi connectivity index (χ4v) is 1.43. The molecule has 0 bridgehead atoms. The van der Waals surface area contributed by atoms with E-state index in [1.54, 1.807) is 24.3 Å². The first-order chi connectivity index (χ1) is 7.38. The van der Waals surface area contributed by atoms with Gasteiger partial charge in [-0.25, -0.2) is 8.78 Å². The number of rotatable bonds is 4. The molecular weight excluding hydrogens is 212 g/mol. The molecule has 16 heavy (non-hydrogen) atoms. The van der Waals surface area contributed by atoms with Gasteiger partial charge < -0.3 is 10.8 Å². The van der Waals surface area contributed by atoms with Crippen LogP contribution in [-0.4, -0.2) is 17.6 Å². The van der Waals surface area contributed by atoms with E-state index in [4.69, 9.17) is 10.8 Å². The lowest BCUT2D eigenvalue weighted by Crippen LogP contribution is -2.36. The third-order valence-electron chi connectivity index (χ3n) is 2.63. The number of nitrogens with two attached hydrogens (primary N) is 1. The van der Waals surface area contributed by atoms with Crippen LogP contribution in [-0.2, 0) is 0 Å². The zero-order chi connectivity index (χ0) is 12.3. The van der Waals surface area contributed by atoms with E-state index in [-0.39, 0.29) is 0 Å². The van der Waals surface area contributed by atoms with Crippen LogP contribution in [0, 0.1) is 0 Å². The van der Waals surface area contributed by atoms with Crippen molar-refractivity contribution in [2.24, 2.45) is 5.73 Å². The van der Waals surface area contributed by atoms with Gasteiger partial charge in [-0.3, -0.25) is 0 Å². The molecule has 0 radical (unpaired) electrons. The van der Waals surface area contributed by atoms with Crippen molar-refractivity contribution >= 4 is 0 Å². The molecule has 0 aromatic heterocycles. The highest BCUT2D eigenvalue weighted by molar-refractivity contribution is 5.27. The molecule has 0 saturated carbocycles. The molecule has 0 fully saturated rings. The Hall–Kier alpha value is -1.00. The average Bonchev–Trinajstić information content (AvgIpc) is 2.28. The van der Waals surface area contributed by atoms with Gasteiger partial charge in [-0.1, -0.05) is 38.1 Å². The lowest BCUT2D eigenvalue weighted by molar-refractivity contribution is -0.0711. The van der Waals surface area contributed by atoms with Gasteiger partial charge in [0.15, 0.2) is 0 Å². The Morgan fingerprint density at radius 1 is 1.19 bits per heavy atom. The standard InChI is InChI=1S/C12H17F2NO/c1-8(2)9-3-5-10(6-4-9)11(15)12(13,14)7-16/h3-6,8,11,16H,7,15H2,1-2H3. The summed E-state index contributed by atoms with van der Waals surface area (Å²) in [6, 6.07) is 5.28. The lowest BCUT2D eigenvalue weighted by Gasteiger charge is -2.22. The van der Waals surface area contributed by atoms with Crippen LogP contribution in [0.5, 0.6) is 0 Å². The van der Waals surface area contributed by atoms with Crippen LogP contribution in [0.4, 0.5) is 8.78 Å². The summed E-state index contributed by atoms with van der Waals surface area (Å²) in [6.45, 7) is 2.81. The SMILES string of the molecule is CC(C)c1ccc(C(N)C(F)(F)CO)cc1. The molecule has 2 nitrogen and oxygen atoms in total. The van der Waals surface area contributed by atoms with Gasteiger partial charge in [-0.2, -0.15) is 0 Å². The van der Waals surface area contributed by atoms with Crippen molar-refractivity contribution in [3.8, 4) is 0 Å². The van der Waals surface area contributed by atoms with Gasteiger partial charge in [0.05, 0.1) is 6.04 Å². The maximum atomic E-state index is 13.1. The van der Waals surface area contributed by atoms with E-state index in [0.717, 1.165) is 5.56 Å².